The van der Waals surface area contributed by atoms with E-state index in [0.29, 0.717) is 12.2 Å². The maximum absolute atomic E-state index is 11.5. The summed E-state index contributed by atoms with van der Waals surface area (Å²) in [6.45, 7) is 1.32. The molecule has 0 aliphatic heterocycles. The van der Waals surface area contributed by atoms with Crippen molar-refractivity contribution in [1.82, 2.24) is 10.6 Å². The Morgan fingerprint density at radius 2 is 2.00 bits per heavy atom. The number of hydrogen-bond acceptors (Lipinski definition) is 4. The zero-order chi connectivity index (χ0) is 14.3. The molecule has 1 rings (SSSR count). The molecule has 104 valence electrons. The molecule has 0 saturated heterocycles. The lowest BCUT2D eigenvalue weighted by Gasteiger charge is -2.08. The van der Waals surface area contributed by atoms with Crippen molar-refractivity contribution in [3.8, 4) is 5.75 Å². The summed E-state index contributed by atoms with van der Waals surface area (Å²) in [6, 6.07) is 3.43. The molecule has 0 aromatic heterocycles. The van der Waals surface area contributed by atoms with Gasteiger partial charge in [0.1, 0.15) is 11.3 Å². The quantitative estimate of drug-likeness (QED) is 0.490. The van der Waals surface area contributed by atoms with Gasteiger partial charge in [0, 0.05) is 18.3 Å². The number of hydrogen-bond donors (Lipinski definition) is 5. The maximum Gasteiger partial charge on any atom is 0.339 e. The highest BCUT2D eigenvalue weighted by Crippen LogP contribution is 2.21. The van der Waals surface area contributed by atoms with Crippen LogP contribution < -0.4 is 16.0 Å². The molecule has 0 radical (unpaired) electrons. The van der Waals surface area contributed by atoms with E-state index in [0.717, 1.165) is 13.0 Å². The van der Waals surface area contributed by atoms with Gasteiger partial charge >= 0.3 is 12.0 Å². The minimum atomic E-state index is -1.22. The van der Waals surface area contributed by atoms with Crippen LogP contribution in [0.25, 0.3) is 0 Å². The Labute approximate surface area is 110 Å². The molecule has 0 unspecified atom stereocenters. The Morgan fingerprint density at radius 3 is 2.58 bits per heavy atom. The minimum absolute atomic E-state index is 0.208. The fourth-order valence-corrected chi connectivity index (χ4v) is 1.43. The molecule has 5 N–H and O–H groups in total. The highest BCUT2D eigenvalue weighted by atomic mass is 16.4. The number of phenols is 1. The number of carboxylic acids is 1. The van der Waals surface area contributed by atoms with Crippen molar-refractivity contribution in [3.63, 3.8) is 0 Å². The fourth-order valence-electron chi connectivity index (χ4n) is 1.43. The first-order valence-electron chi connectivity index (χ1n) is 5.80. The number of aromatic carboxylic acids is 1. The van der Waals surface area contributed by atoms with Crippen LogP contribution in [0, 0.1) is 0 Å². The summed E-state index contributed by atoms with van der Waals surface area (Å²) in [5.74, 6) is -1.61. The summed E-state index contributed by atoms with van der Waals surface area (Å²) < 4.78 is 0. The Hall–Kier alpha value is -2.28. The molecule has 0 spiro atoms. The van der Waals surface area contributed by atoms with Gasteiger partial charge < -0.3 is 26.2 Å². The number of urea groups is 1. The van der Waals surface area contributed by atoms with E-state index in [4.69, 9.17) is 5.11 Å². The average Bonchev–Trinajstić information content (AvgIpc) is 2.34. The van der Waals surface area contributed by atoms with Crippen LogP contribution in [0.15, 0.2) is 18.2 Å². The van der Waals surface area contributed by atoms with E-state index in [2.05, 4.69) is 16.0 Å². The number of amides is 2. The van der Waals surface area contributed by atoms with E-state index in [-0.39, 0.29) is 11.3 Å². The second-order valence-electron chi connectivity index (χ2n) is 3.88. The van der Waals surface area contributed by atoms with E-state index < -0.39 is 12.0 Å². The lowest BCUT2D eigenvalue weighted by molar-refractivity contribution is 0.0694. The van der Waals surface area contributed by atoms with Crippen molar-refractivity contribution in [2.24, 2.45) is 0 Å². The monoisotopic (exact) mass is 267 g/mol. The normalized spacial score (nSPS) is 9.95. The number of carboxylic acid groups (broad SMARTS) is 1. The molecule has 0 fully saturated rings. The SMILES string of the molecule is CNCCCNC(=O)Nc1ccc(C(=O)O)c(O)c1. The maximum atomic E-state index is 11.5. The third kappa shape index (κ3) is 4.84. The number of benzene rings is 1. The summed E-state index contributed by atoms with van der Waals surface area (Å²) in [7, 11) is 1.83. The number of carbonyl (C=O) groups is 2. The second-order valence-corrected chi connectivity index (χ2v) is 3.88. The summed E-state index contributed by atoms with van der Waals surface area (Å²) in [5.41, 5.74) is 0.119. The summed E-state index contributed by atoms with van der Waals surface area (Å²) in [5, 5.41) is 26.3. The smallest absolute Gasteiger partial charge is 0.339 e. The first-order valence-corrected chi connectivity index (χ1v) is 5.80. The summed E-state index contributed by atoms with van der Waals surface area (Å²) >= 11 is 0. The number of aromatic hydroxyl groups is 1. The van der Waals surface area contributed by atoms with Crippen LogP contribution >= 0.6 is 0 Å². The van der Waals surface area contributed by atoms with E-state index in [1.165, 1.54) is 18.2 Å². The predicted molar refractivity (Wildman–Crippen MR) is 70.6 cm³/mol. The first kappa shape index (κ1) is 14.8. The third-order valence-corrected chi connectivity index (χ3v) is 2.38. The second kappa shape index (κ2) is 7.22. The van der Waals surface area contributed by atoms with Gasteiger partial charge in [-0.2, -0.15) is 0 Å². The lowest BCUT2D eigenvalue weighted by atomic mass is 10.2. The zero-order valence-corrected chi connectivity index (χ0v) is 10.6. The molecule has 0 heterocycles. The van der Waals surface area contributed by atoms with Gasteiger partial charge in [-0.15, -0.1) is 0 Å². The standard InChI is InChI=1S/C12H17N3O4/c1-13-5-2-6-14-12(19)15-8-3-4-9(11(17)18)10(16)7-8/h3-4,7,13,16H,2,5-6H2,1H3,(H,17,18)(H2,14,15,19). The van der Waals surface area contributed by atoms with Gasteiger partial charge in [0.15, 0.2) is 0 Å². The van der Waals surface area contributed by atoms with Crippen LogP contribution in [-0.4, -0.2) is 42.4 Å². The van der Waals surface area contributed by atoms with E-state index in [1.54, 1.807) is 0 Å². The van der Waals surface area contributed by atoms with Crippen LogP contribution in [0.2, 0.25) is 0 Å². The molecule has 0 atom stereocenters. The van der Waals surface area contributed by atoms with Gasteiger partial charge in [-0.05, 0) is 32.1 Å². The topological polar surface area (TPSA) is 111 Å². The molecule has 1 aromatic carbocycles. The van der Waals surface area contributed by atoms with Gasteiger partial charge in [-0.3, -0.25) is 0 Å². The molecule has 2 amide bonds. The molecular formula is C12H17N3O4. The number of carbonyl (C=O) groups excluding carboxylic acids is 1. The fraction of sp³-hybridized carbons (Fsp3) is 0.333. The summed E-state index contributed by atoms with van der Waals surface area (Å²) in [6.07, 6.45) is 0.799. The van der Waals surface area contributed by atoms with Crippen molar-refractivity contribution in [1.29, 1.82) is 0 Å². The average molecular weight is 267 g/mol. The van der Waals surface area contributed by atoms with Gasteiger partial charge in [0.05, 0.1) is 0 Å². The molecule has 1 aromatic rings. The molecular weight excluding hydrogens is 250 g/mol. The number of anilines is 1. The Balaban J connectivity index is 2.51. The van der Waals surface area contributed by atoms with Crippen LogP contribution in [-0.2, 0) is 0 Å². The lowest BCUT2D eigenvalue weighted by Crippen LogP contribution is -2.30. The van der Waals surface area contributed by atoms with Crippen molar-refractivity contribution in [3.05, 3.63) is 23.8 Å². The molecule has 19 heavy (non-hydrogen) atoms. The highest BCUT2D eigenvalue weighted by Gasteiger charge is 2.10. The molecule has 7 nitrogen and oxygen atoms in total. The molecule has 0 bridgehead atoms. The zero-order valence-electron chi connectivity index (χ0n) is 10.6. The largest absolute Gasteiger partial charge is 0.507 e. The molecule has 0 aliphatic rings. The van der Waals surface area contributed by atoms with Crippen molar-refractivity contribution in [2.75, 3.05) is 25.5 Å². The van der Waals surface area contributed by atoms with Crippen molar-refractivity contribution < 1.29 is 19.8 Å². The highest BCUT2D eigenvalue weighted by molar-refractivity contribution is 5.93. The molecule has 0 aliphatic carbocycles. The van der Waals surface area contributed by atoms with Crippen LogP contribution in [0.4, 0.5) is 10.5 Å². The molecule has 7 heteroatoms. The third-order valence-electron chi connectivity index (χ3n) is 2.38. The first-order chi connectivity index (χ1) is 9.04. The van der Waals surface area contributed by atoms with Gasteiger partial charge in [0.25, 0.3) is 0 Å². The number of nitrogens with one attached hydrogen (secondary N) is 3. The van der Waals surface area contributed by atoms with Crippen LogP contribution in [0.3, 0.4) is 0 Å². The van der Waals surface area contributed by atoms with Gasteiger partial charge in [-0.1, -0.05) is 0 Å². The Kier molecular flexibility index (Phi) is 5.62. The van der Waals surface area contributed by atoms with Crippen LogP contribution in [0.5, 0.6) is 5.75 Å². The van der Waals surface area contributed by atoms with Crippen LogP contribution in [0.1, 0.15) is 16.8 Å². The van der Waals surface area contributed by atoms with E-state index >= 15 is 0 Å². The summed E-state index contributed by atoms with van der Waals surface area (Å²) in [4.78, 5) is 22.2. The van der Waals surface area contributed by atoms with E-state index in [9.17, 15) is 14.7 Å². The van der Waals surface area contributed by atoms with Crippen molar-refractivity contribution in [2.45, 2.75) is 6.42 Å². The Morgan fingerprint density at radius 1 is 1.26 bits per heavy atom. The van der Waals surface area contributed by atoms with E-state index in [1.807, 2.05) is 7.05 Å². The predicted octanol–water partition coefficient (Wildman–Crippen LogP) is 0.821. The van der Waals surface area contributed by atoms with Gasteiger partial charge in [-0.25, -0.2) is 9.59 Å². The van der Waals surface area contributed by atoms with Crippen molar-refractivity contribution >= 4 is 17.7 Å². The minimum Gasteiger partial charge on any atom is -0.507 e. The van der Waals surface area contributed by atoms with Gasteiger partial charge in [0.2, 0.25) is 0 Å². The molecule has 0 saturated carbocycles. The Bertz CT molecular complexity index is 462. The number of rotatable bonds is 6.